The number of amides is 1. The standard InChI is InChI=1S/C25H35N3O3/c1-15(2)20-12-18(13-23-27-21-9-8-16(3)10-22(21)28-23)17(4)11-19(20)14-26-24(29)6-5-7-25(30)31/h8-11,15,18-20H,5-7,12-14H2,1-4H3,(H,26,29)(H,27,28)(H,30,31)/t18-,19-,20-/m0/s1. The average molecular weight is 426 g/mol. The number of aromatic amines is 1. The molecule has 1 amide bonds. The van der Waals surface area contributed by atoms with Crippen molar-refractivity contribution in [3.63, 3.8) is 0 Å². The van der Waals surface area contributed by atoms with E-state index in [4.69, 9.17) is 10.1 Å². The minimum Gasteiger partial charge on any atom is -0.481 e. The van der Waals surface area contributed by atoms with Gasteiger partial charge in [0.05, 0.1) is 11.0 Å². The van der Waals surface area contributed by atoms with Crippen LogP contribution in [0.2, 0.25) is 0 Å². The lowest BCUT2D eigenvalue weighted by atomic mass is 9.69. The van der Waals surface area contributed by atoms with E-state index in [1.54, 1.807) is 0 Å². The van der Waals surface area contributed by atoms with E-state index in [1.807, 2.05) is 0 Å². The summed E-state index contributed by atoms with van der Waals surface area (Å²) in [5.74, 6) is 1.86. The number of carboxylic acids is 1. The van der Waals surface area contributed by atoms with Crippen LogP contribution < -0.4 is 5.32 Å². The first-order chi connectivity index (χ1) is 14.7. The smallest absolute Gasteiger partial charge is 0.303 e. The number of rotatable bonds is 9. The molecule has 1 aliphatic carbocycles. The van der Waals surface area contributed by atoms with Crippen LogP contribution in [0.4, 0.5) is 0 Å². The number of nitrogens with zero attached hydrogens (tertiary/aromatic N) is 1. The van der Waals surface area contributed by atoms with E-state index in [1.165, 1.54) is 11.1 Å². The van der Waals surface area contributed by atoms with Gasteiger partial charge in [0.15, 0.2) is 0 Å². The number of aryl methyl sites for hydroxylation is 1. The Kier molecular flexibility index (Phi) is 7.52. The van der Waals surface area contributed by atoms with Crippen LogP contribution in [-0.4, -0.2) is 33.5 Å². The van der Waals surface area contributed by atoms with Gasteiger partial charge in [0.2, 0.25) is 5.91 Å². The second-order valence-corrected chi connectivity index (χ2v) is 9.37. The Morgan fingerprint density at radius 2 is 2.03 bits per heavy atom. The lowest BCUT2D eigenvalue weighted by molar-refractivity contribution is -0.137. The number of hydrogen-bond acceptors (Lipinski definition) is 3. The molecule has 3 N–H and O–H groups in total. The fourth-order valence-corrected chi connectivity index (χ4v) is 4.73. The van der Waals surface area contributed by atoms with Crippen LogP contribution in [-0.2, 0) is 16.0 Å². The zero-order valence-electron chi connectivity index (χ0n) is 19.1. The van der Waals surface area contributed by atoms with Crippen molar-refractivity contribution in [1.82, 2.24) is 15.3 Å². The Morgan fingerprint density at radius 3 is 2.74 bits per heavy atom. The highest BCUT2D eigenvalue weighted by Gasteiger charge is 2.32. The Labute approximate surface area is 184 Å². The van der Waals surface area contributed by atoms with E-state index in [0.29, 0.717) is 36.6 Å². The Hall–Kier alpha value is -2.63. The van der Waals surface area contributed by atoms with Gasteiger partial charge in [-0.3, -0.25) is 9.59 Å². The average Bonchev–Trinajstić information content (AvgIpc) is 3.08. The number of nitrogens with one attached hydrogen (secondary N) is 2. The number of aromatic nitrogens is 2. The molecule has 0 unspecified atom stereocenters. The third kappa shape index (κ3) is 6.18. The predicted molar refractivity (Wildman–Crippen MR) is 123 cm³/mol. The summed E-state index contributed by atoms with van der Waals surface area (Å²) in [6.07, 6.45) is 5.00. The lowest BCUT2D eigenvalue weighted by Gasteiger charge is -2.37. The van der Waals surface area contributed by atoms with Crippen LogP contribution in [0.1, 0.15) is 57.8 Å². The van der Waals surface area contributed by atoms with Gasteiger partial charge < -0.3 is 15.4 Å². The van der Waals surface area contributed by atoms with Crippen molar-refractivity contribution >= 4 is 22.9 Å². The number of allylic oxidation sites excluding steroid dienone is 1. The highest BCUT2D eigenvalue weighted by Crippen LogP contribution is 2.38. The third-order valence-electron chi connectivity index (χ3n) is 6.54. The number of imidazole rings is 1. The van der Waals surface area contributed by atoms with Gasteiger partial charge in [-0.25, -0.2) is 4.98 Å². The number of aliphatic carboxylic acids is 1. The highest BCUT2D eigenvalue weighted by atomic mass is 16.4. The number of carbonyl (C=O) groups is 2. The number of H-pyrrole nitrogens is 1. The zero-order chi connectivity index (χ0) is 22.5. The second-order valence-electron chi connectivity index (χ2n) is 9.37. The van der Waals surface area contributed by atoms with Crippen LogP contribution in [0.15, 0.2) is 29.8 Å². The van der Waals surface area contributed by atoms with Crippen molar-refractivity contribution in [2.45, 2.75) is 59.8 Å². The molecular formula is C25H35N3O3. The monoisotopic (exact) mass is 425 g/mol. The van der Waals surface area contributed by atoms with Gasteiger partial charge in [-0.15, -0.1) is 0 Å². The number of carbonyl (C=O) groups excluding carboxylic acids is 1. The van der Waals surface area contributed by atoms with Crippen molar-refractivity contribution in [3.05, 3.63) is 41.2 Å². The first-order valence-corrected chi connectivity index (χ1v) is 11.3. The SMILES string of the molecule is CC1=C[C@@H](CNC(=O)CCCC(=O)O)[C@H](C(C)C)C[C@H]1Cc1nc2ccc(C)cc2[nH]1. The fraction of sp³-hybridized carbons (Fsp3) is 0.560. The maximum Gasteiger partial charge on any atom is 0.303 e. The summed E-state index contributed by atoms with van der Waals surface area (Å²) in [5.41, 5.74) is 4.70. The minimum atomic E-state index is -0.857. The van der Waals surface area contributed by atoms with Gasteiger partial charge in [-0.2, -0.15) is 0 Å². The summed E-state index contributed by atoms with van der Waals surface area (Å²) >= 11 is 0. The van der Waals surface area contributed by atoms with E-state index in [2.05, 4.69) is 62.3 Å². The molecule has 0 bridgehead atoms. The summed E-state index contributed by atoms with van der Waals surface area (Å²) in [6.45, 7) is 9.40. The van der Waals surface area contributed by atoms with Crippen molar-refractivity contribution in [2.24, 2.45) is 23.7 Å². The molecule has 168 valence electrons. The maximum absolute atomic E-state index is 12.1. The number of fused-ring (bicyclic) bond motifs is 1. The molecule has 6 nitrogen and oxygen atoms in total. The normalized spacial score (nSPS) is 21.3. The highest BCUT2D eigenvalue weighted by molar-refractivity contribution is 5.77. The van der Waals surface area contributed by atoms with Gasteiger partial charge in [0, 0.05) is 25.8 Å². The number of benzene rings is 1. The minimum absolute atomic E-state index is 0.0352. The molecule has 3 atom stereocenters. The van der Waals surface area contributed by atoms with Crippen molar-refractivity contribution in [3.8, 4) is 0 Å². The van der Waals surface area contributed by atoms with Crippen LogP contribution in [0.25, 0.3) is 11.0 Å². The summed E-state index contributed by atoms with van der Waals surface area (Å²) in [4.78, 5) is 31.0. The molecule has 1 heterocycles. The van der Waals surface area contributed by atoms with E-state index in [0.717, 1.165) is 29.7 Å². The Bertz CT molecular complexity index is 960. The first kappa shape index (κ1) is 23.0. The molecule has 6 heteroatoms. The fourth-order valence-electron chi connectivity index (χ4n) is 4.73. The topological polar surface area (TPSA) is 95.1 Å². The molecule has 0 spiro atoms. The Morgan fingerprint density at radius 1 is 1.26 bits per heavy atom. The largest absolute Gasteiger partial charge is 0.481 e. The van der Waals surface area contributed by atoms with E-state index >= 15 is 0 Å². The molecule has 0 aliphatic heterocycles. The zero-order valence-corrected chi connectivity index (χ0v) is 19.1. The number of hydrogen-bond donors (Lipinski definition) is 3. The van der Waals surface area contributed by atoms with Crippen LogP contribution >= 0.6 is 0 Å². The van der Waals surface area contributed by atoms with Crippen LogP contribution in [0.3, 0.4) is 0 Å². The van der Waals surface area contributed by atoms with Gasteiger partial charge in [0.25, 0.3) is 0 Å². The van der Waals surface area contributed by atoms with Crippen molar-refractivity contribution in [2.75, 3.05) is 6.54 Å². The molecule has 0 saturated heterocycles. The van der Waals surface area contributed by atoms with Crippen molar-refractivity contribution < 1.29 is 14.7 Å². The van der Waals surface area contributed by atoms with E-state index in [-0.39, 0.29) is 18.7 Å². The molecule has 1 aliphatic rings. The third-order valence-corrected chi connectivity index (χ3v) is 6.54. The molecule has 2 aromatic rings. The molecule has 0 saturated carbocycles. The van der Waals surface area contributed by atoms with Gasteiger partial charge in [-0.05, 0) is 68.1 Å². The van der Waals surface area contributed by atoms with Crippen molar-refractivity contribution in [1.29, 1.82) is 0 Å². The molecule has 0 radical (unpaired) electrons. The maximum atomic E-state index is 12.1. The summed E-state index contributed by atoms with van der Waals surface area (Å²) in [6, 6.07) is 6.30. The molecular weight excluding hydrogens is 390 g/mol. The molecule has 1 aromatic carbocycles. The summed E-state index contributed by atoms with van der Waals surface area (Å²) < 4.78 is 0. The summed E-state index contributed by atoms with van der Waals surface area (Å²) in [5, 5.41) is 11.7. The molecule has 1 aromatic heterocycles. The van der Waals surface area contributed by atoms with E-state index < -0.39 is 5.97 Å². The van der Waals surface area contributed by atoms with Gasteiger partial charge >= 0.3 is 5.97 Å². The Balaban J connectivity index is 1.64. The quantitative estimate of drug-likeness (QED) is 0.510. The van der Waals surface area contributed by atoms with Gasteiger partial charge in [0.1, 0.15) is 5.82 Å². The van der Waals surface area contributed by atoms with Crippen LogP contribution in [0, 0.1) is 30.6 Å². The second kappa shape index (κ2) is 10.1. The predicted octanol–water partition coefficient (Wildman–Crippen LogP) is 4.64. The van der Waals surface area contributed by atoms with Crippen LogP contribution in [0.5, 0.6) is 0 Å². The van der Waals surface area contributed by atoms with E-state index in [9.17, 15) is 9.59 Å². The molecule has 0 fully saturated rings. The van der Waals surface area contributed by atoms with Gasteiger partial charge in [-0.1, -0.05) is 31.6 Å². The molecule has 31 heavy (non-hydrogen) atoms. The molecule has 3 rings (SSSR count). The lowest BCUT2D eigenvalue weighted by Crippen LogP contribution is -2.37. The summed E-state index contributed by atoms with van der Waals surface area (Å²) in [7, 11) is 0. The number of carboxylic acid groups (broad SMARTS) is 1. The first-order valence-electron chi connectivity index (χ1n) is 11.3.